The molecule has 2 aromatic carbocycles. The van der Waals surface area contributed by atoms with E-state index in [-0.39, 0.29) is 0 Å². The highest BCUT2D eigenvalue weighted by Crippen LogP contribution is 2.36. The molecule has 0 spiro atoms. The summed E-state index contributed by atoms with van der Waals surface area (Å²) in [5.41, 5.74) is 3.75. The second-order valence-electron chi connectivity index (χ2n) is 5.48. The number of aryl methyl sites for hydroxylation is 1. The Balaban J connectivity index is 1.97. The van der Waals surface area contributed by atoms with Crippen molar-refractivity contribution in [3.63, 3.8) is 0 Å². The Hall–Kier alpha value is -1.93. The van der Waals surface area contributed by atoms with E-state index in [9.17, 15) is 0 Å². The van der Waals surface area contributed by atoms with Gasteiger partial charge in [0.2, 0.25) is 0 Å². The van der Waals surface area contributed by atoms with Crippen molar-refractivity contribution in [2.45, 2.75) is 32.6 Å². The molecule has 0 bridgehead atoms. The van der Waals surface area contributed by atoms with Gasteiger partial charge in [-0.3, -0.25) is 0 Å². The van der Waals surface area contributed by atoms with Gasteiger partial charge < -0.3 is 0 Å². The molecule has 22 heavy (non-hydrogen) atoms. The number of benzene rings is 2. The predicted molar refractivity (Wildman–Crippen MR) is 96.2 cm³/mol. The second-order valence-corrected chi connectivity index (χ2v) is 6.48. The second kappa shape index (κ2) is 7.37. The van der Waals surface area contributed by atoms with E-state index in [0.717, 1.165) is 11.4 Å². The van der Waals surface area contributed by atoms with Gasteiger partial charge in [0, 0.05) is 5.56 Å². The number of hydrogen-bond acceptors (Lipinski definition) is 2. The molecule has 3 rings (SSSR count). The monoisotopic (exact) mass is 307 g/mol. The normalized spacial score (nSPS) is 10.8. The van der Waals surface area contributed by atoms with Gasteiger partial charge in [0.25, 0.3) is 0 Å². The van der Waals surface area contributed by atoms with Crippen LogP contribution in [0.25, 0.3) is 21.0 Å². The highest BCUT2D eigenvalue weighted by molar-refractivity contribution is 7.18. The van der Waals surface area contributed by atoms with Crippen molar-refractivity contribution in [3.05, 3.63) is 66.4 Å². The van der Waals surface area contributed by atoms with Crippen LogP contribution < -0.4 is 0 Å². The Kier molecular flexibility index (Phi) is 5.02. The molecular weight excluding hydrogens is 286 g/mol. The summed E-state index contributed by atoms with van der Waals surface area (Å²) in [5.74, 6) is 0. The zero-order chi connectivity index (χ0) is 15.2. The lowest BCUT2D eigenvalue weighted by atomic mass is 10.1. The highest BCUT2D eigenvalue weighted by atomic mass is 32.1. The summed E-state index contributed by atoms with van der Waals surface area (Å²) in [6.45, 7) is 2.24. The number of thiazole rings is 1. The summed E-state index contributed by atoms with van der Waals surface area (Å²) < 4.78 is 0. The van der Waals surface area contributed by atoms with Crippen molar-refractivity contribution in [3.8, 4) is 21.0 Å². The van der Waals surface area contributed by atoms with Crippen LogP contribution in [0.3, 0.4) is 0 Å². The topological polar surface area (TPSA) is 12.9 Å². The van der Waals surface area contributed by atoms with E-state index in [1.54, 1.807) is 0 Å². The molecule has 0 fully saturated rings. The van der Waals surface area contributed by atoms with Crippen molar-refractivity contribution < 1.29 is 0 Å². The van der Waals surface area contributed by atoms with Gasteiger partial charge in [0.1, 0.15) is 5.01 Å². The highest BCUT2D eigenvalue weighted by Gasteiger charge is 2.13. The Morgan fingerprint density at radius 1 is 0.818 bits per heavy atom. The Morgan fingerprint density at radius 2 is 1.45 bits per heavy atom. The van der Waals surface area contributed by atoms with E-state index < -0.39 is 0 Å². The maximum absolute atomic E-state index is 4.95. The molecular formula is C20H21NS. The zero-order valence-corrected chi connectivity index (χ0v) is 13.8. The fourth-order valence-electron chi connectivity index (χ4n) is 2.58. The van der Waals surface area contributed by atoms with Crippen LogP contribution in [-0.2, 0) is 6.42 Å². The molecule has 1 heterocycles. The van der Waals surface area contributed by atoms with E-state index in [0.29, 0.717) is 0 Å². The first kappa shape index (κ1) is 15.0. The lowest BCUT2D eigenvalue weighted by molar-refractivity contribution is 0.710. The van der Waals surface area contributed by atoms with Gasteiger partial charge in [-0.25, -0.2) is 4.98 Å². The molecule has 0 radical (unpaired) electrons. The molecule has 1 aromatic heterocycles. The van der Waals surface area contributed by atoms with Gasteiger partial charge in [-0.15, -0.1) is 11.3 Å². The summed E-state index contributed by atoms with van der Waals surface area (Å²) in [6, 6.07) is 21.1. The maximum atomic E-state index is 4.95. The van der Waals surface area contributed by atoms with Crippen LogP contribution in [0.1, 0.15) is 31.9 Å². The van der Waals surface area contributed by atoms with Crippen LogP contribution in [0.5, 0.6) is 0 Å². The van der Waals surface area contributed by atoms with Gasteiger partial charge in [-0.1, -0.05) is 80.4 Å². The van der Waals surface area contributed by atoms with Gasteiger partial charge in [0.15, 0.2) is 0 Å². The molecule has 0 aliphatic rings. The van der Waals surface area contributed by atoms with Crippen LogP contribution in [0.15, 0.2) is 60.7 Å². The van der Waals surface area contributed by atoms with Crippen LogP contribution in [0, 0.1) is 0 Å². The molecule has 1 nitrogen and oxygen atoms in total. The first-order valence-electron chi connectivity index (χ1n) is 7.99. The lowest BCUT2D eigenvalue weighted by Crippen LogP contribution is -1.89. The first-order chi connectivity index (χ1) is 10.9. The number of aromatic nitrogens is 1. The van der Waals surface area contributed by atoms with Crippen molar-refractivity contribution >= 4 is 11.3 Å². The third kappa shape index (κ3) is 3.45. The minimum Gasteiger partial charge on any atom is -0.240 e. The fourth-order valence-corrected chi connectivity index (χ4v) is 3.71. The summed E-state index contributed by atoms with van der Waals surface area (Å²) in [5, 5.41) is 1.13. The molecule has 2 heteroatoms. The zero-order valence-electron chi connectivity index (χ0n) is 13.0. The molecule has 0 saturated carbocycles. The van der Waals surface area contributed by atoms with Crippen molar-refractivity contribution in [2.75, 3.05) is 0 Å². The smallest absolute Gasteiger partial charge is 0.124 e. The molecule has 0 saturated heterocycles. The molecule has 0 amide bonds. The Morgan fingerprint density at radius 3 is 2.09 bits per heavy atom. The van der Waals surface area contributed by atoms with Crippen molar-refractivity contribution in [1.29, 1.82) is 0 Å². The molecule has 0 aliphatic carbocycles. The third-order valence-corrected chi connectivity index (χ3v) is 4.97. The van der Waals surface area contributed by atoms with E-state index in [1.807, 2.05) is 11.3 Å². The van der Waals surface area contributed by atoms with E-state index >= 15 is 0 Å². The molecule has 0 atom stereocenters. The summed E-state index contributed by atoms with van der Waals surface area (Å²) in [6.07, 6.45) is 4.80. The average molecular weight is 307 g/mol. The quantitative estimate of drug-likeness (QED) is 0.493. The maximum Gasteiger partial charge on any atom is 0.124 e. The summed E-state index contributed by atoms with van der Waals surface area (Å²) in [7, 11) is 0. The Labute approximate surface area is 136 Å². The average Bonchev–Trinajstić information content (AvgIpc) is 3.01. The molecule has 112 valence electrons. The largest absolute Gasteiger partial charge is 0.240 e. The van der Waals surface area contributed by atoms with E-state index in [2.05, 4.69) is 67.6 Å². The number of hydrogen-bond donors (Lipinski definition) is 0. The van der Waals surface area contributed by atoms with Crippen LogP contribution in [-0.4, -0.2) is 4.98 Å². The van der Waals surface area contributed by atoms with E-state index in [4.69, 9.17) is 4.98 Å². The van der Waals surface area contributed by atoms with Gasteiger partial charge in [-0.05, 0) is 18.4 Å². The predicted octanol–water partition coefficient (Wildman–Crippen LogP) is 6.21. The lowest BCUT2D eigenvalue weighted by Gasteiger charge is -2.01. The number of unbranched alkanes of at least 4 members (excludes halogenated alkanes) is 2. The fraction of sp³-hybridized carbons (Fsp3) is 0.250. The van der Waals surface area contributed by atoms with Gasteiger partial charge in [-0.2, -0.15) is 0 Å². The summed E-state index contributed by atoms with van der Waals surface area (Å²) >= 11 is 1.81. The molecule has 3 aromatic rings. The van der Waals surface area contributed by atoms with Crippen LogP contribution >= 0.6 is 11.3 Å². The molecule has 0 unspecified atom stereocenters. The number of rotatable bonds is 6. The first-order valence-corrected chi connectivity index (χ1v) is 8.80. The SMILES string of the molecule is CCCCCc1nc(-c2ccccc2)sc1-c1ccccc1. The number of nitrogens with zero attached hydrogens (tertiary/aromatic N) is 1. The molecule has 0 N–H and O–H groups in total. The standard InChI is InChI=1S/C20H21NS/c1-2-3-6-15-18-19(16-11-7-4-8-12-16)22-20(21-18)17-13-9-5-10-14-17/h4-5,7-14H,2-3,6,15H2,1H3. The molecule has 0 aliphatic heterocycles. The van der Waals surface area contributed by atoms with Gasteiger partial charge >= 0.3 is 0 Å². The van der Waals surface area contributed by atoms with Crippen LogP contribution in [0.2, 0.25) is 0 Å². The van der Waals surface area contributed by atoms with E-state index in [1.165, 1.54) is 41.0 Å². The minimum atomic E-state index is 1.07. The minimum absolute atomic E-state index is 1.07. The van der Waals surface area contributed by atoms with Gasteiger partial charge in [0.05, 0.1) is 10.6 Å². The van der Waals surface area contributed by atoms with Crippen molar-refractivity contribution in [2.24, 2.45) is 0 Å². The summed E-state index contributed by atoms with van der Waals surface area (Å²) in [4.78, 5) is 6.28. The Bertz CT molecular complexity index is 701. The van der Waals surface area contributed by atoms with Crippen LogP contribution in [0.4, 0.5) is 0 Å². The third-order valence-electron chi connectivity index (χ3n) is 3.77. The van der Waals surface area contributed by atoms with Crippen molar-refractivity contribution in [1.82, 2.24) is 4.98 Å².